The average Bonchev–Trinajstić information content (AvgIpc) is 2.40. The van der Waals surface area contributed by atoms with Crippen LogP contribution in [-0.2, 0) is 9.53 Å². The first kappa shape index (κ1) is 15.3. The molecule has 1 rings (SSSR count). The molecule has 1 aromatic rings. The van der Waals surface area contributed by atoms with E-state index in [1.54, 1.807) is 0 Å². The van der Waals surface area contributed by atoms with Gasteiger partial charge in [0.05, 0.1) is 19.2 Å². The molecule has 0 aromatic heterocycles. The van der Waals surface area contributed by atoms with Crippen molar-refractivity contribution in [1.82, 2.24) is 5.32 Å². The van der Waals surface area contributed by atoms with E-state index >= 15 is 0 Å². The van der Waals surface area contributed by atoms with Gasteiger partial charge in [-0.25, -0.2) is 9.59 Å². The second-order valence-electron chi connectivity index (χ2n) is 3.71. The average molecular weight is 282 g/mol. The van der Waals surface area contributed by atoms with Gasteiger partial charge in [-0.05, 0) is 12.1 Å². The Morgan fingerprint density at radius 2 is 2.00 bits per heavy atom. The molecule has 8 nitrogen and oxygen atoms in total. The summed E-state index contributed by atoms with van der Waals surface area (Å²) in [5.74, 6) is -2.32. The van der Waals surface area contributed by atoms with Gasteiger partial charge < -0.3 is 25.6 Å². The molecule has 0 aliphatic heterocycles. The zero-order valence-corrected chi connectivity index (χ0v) is 10.7. The molecule has 0 saturated carbocycles. The van der Waals surface area contributed by atoms with Crippen molar-refractivity contribution in [2.45, 2.75) is 6.42 Å². The van der Waals surface area contributed by atoms with Crippen molar-refractivity contribution in [2.24, 2.45) is 0 Å². The van der Waals surface area contributed by atoms with Gasteiger partial charge in [0.2, 0.25) is 0 Å². The van der Waals surface area contributed by atoms with Crippen LogP contribution in [0.25, 0.3) is 0 Å². The summed E-state index contributed by atoms with van der Waals surface area (Å²) in [6.07, 6.45) is 0.00503. The first-order valence-corrected chi connectivity index (χ1v) is 5.62. The van der Waals surface area contributed by atoms with Crippen molar-refractivity contribution < 1.29 is 29.3 Å². The molecule has 2 amide bonds. The fourth-order valence-electron chi connectivity index (χ4n) is 1.36. The predicted octanol–water partition coefficient (Wildman–Crippen LogP) is 0.775. The number of carboxylic acid groups (broad SMARTS) is 1. The lowest BCUT2D eigenvalue weighted by Crippen LogP contribution is -2.30. The molecule has 0 aliphatic carbocycles. The van der Waals surface area contributed by atoms with Crippen molar-refractivity contribution in [3.63, 3.8) is 0 Å². The molecule has 0 aliphatic rings. The van der Waals surface area contributed by atoms with E-state index in [-0.39, 0.29) is 24.2 Å². The molecule has 20 heavy (non-hydrogen) atoms. The number of carboxylic acids is 1. The number of aromatic carboxylic acids is 1. The van der Waals surface area contributed by atoms with Gasteiger partial charge in [0, 0.05) is 6.54 Å². The second-order valence-corrected chi connectivity index (χ2v) is 3.71. The Kier molecular flexibility index (Phi) is 5.33. The van der Waals surface area contributed by atoms with E-state index in [1.165, 1.54) is 25.3 Å². The number of carbonyl (C=O) groups is 3. The van der Waals surface area contributed by atoms with E-state index in [1.807, 2.05) is 0 Å². The molecule has 0 bridgehead atoms. The number of anilines is 1. The highest BCUT2D eigenvalue weighted by atomic mass is 16.5. The van der Waals surface area contributed by atoms with Crippen LogP contribution in [0.15, 0.2) is 18.2 Å². The minimum atomic E-state index is -1.31. The van der Waals surface area contributed by atoms with Crippen LogP contribution in [0.1, 0.15) is 16.8 Å². The minimum absolute atomic E-state index is 0.00503. The molecule has 0 radical (unpaired) electrons. The maximum atomic E-state index is 11.5. The van der Waals surface area contributed by atoms with E-state index in [9.17, 15) is 19.5 Å². The van der Waals surface area contributed by atoms with Crippen LogP contribution in [0, 0.1) is 0 Å². The van der Waals surface area contributed by atoms with Crippen LogP contribution in [-0.4, -0.2) is 41.8 Å². The number of carbonyl (C=O) groups excluding carboxylic acids is 2. The van der Waals surface area contributed by atoms with Gasteiger partial charge in [-0.2, -0.15) is 0 Å². The van der Waals surface area contributed by atoms with E-state index in [0.717, 1.165) is 0 Å². The van der Waals surface area contributed by atoms with Gasteiger partial charge >= 0.3 is 18.0 Å². The van der Waals surface area contributed by atoms with Gasteiger partial charge in [0.15, 0.2) is 5.75 Å². The Bertz CT molecular complexity index is 529. The number of hydrogen-bond donors (Lipinski definition) is 4. The number of rotatable bonds is 5. The van der Waals surface area contributed by atoms with E-state index < -0.39 is 23.7 Å². The Hall–Kier alpha value is -2.77. The Morgan fingerprint density at radius 1 is 1.30 bits per heavy atom. The van der Waals surface area contributed by atoms with E-state index in [4.69, 9.17) is 5.11 Å². The molecular weight excluding hydrogens is 268 g/mol. The fourth-order valence-corrected chi connectivity index (χ4v) is 1.36. The largest absolute Gasteiger partial charge is 0.505 e. The monoisotopic (exact) mass is 282 g/mol. The zero-order valence-electron chi connectivity index (χ0n) is 10.7. The normalized spacial score (nSPS) is 9.65. The Balaban J connectivity index is 2.60. The molecule has 0 saturated heterocycles. The summed E-state index contributed by atoms with van der Waals surface area (Å²) >= 11 is 0. The highest BCUT2D eigenvalue weighted by molar-refractivity contribution is 5.97. The lowest BCUT2D eigenvalue weighted by Gasteiger charge is -2.10. The third kappa shape index (κ3) is 4.16. The molecule has 0 heterocycles. The van der Waals surface area contributed by atoms with E-state index in [0.29, 0.717) is 0 Å². The van der Waals surface area contributed by atoms with Crippen LogP contribution in [0.4, 0.5) is 10.5 Å². The number of urea groups is 1. The SMILES string of the molecule is COC(=O)CCNC(=O)Nc1cccc(C(=O)O)c1O. The smallest absolute Gasteiger partial charge is 0.339 e. The van der Waals surface area contributed by atoms with Crippen LogP contribution < -0.4 is 10.6 Å². The van der Waals surface area contributed by atoms with Crippen molar-refractivity contribution >= 4 is 23.7 Å². The fraction of sp³-hybridized carbons (Fsp3) is 0.250. The lowest BCUT2D eigenvalue weighted by atomic mass is 10.2. The van der Waals surface area contributed by atoms with Crippen molar-refractivity contribution in [3.05, 3.63) is 23.8 Å². The summed E-state index contributed by atoms with van der Waals surface area (Å²) < 4.78 is 4.40. The number of amides is 2. The molecule has 0 spiro atoms. The van der Waals surface area contributed by atoms with Crippen LogP contribution >= 0.6 is 0 Å². The van der Waals surface area contributed by atoms with Crippen molar-refractivity contribution in [3.8, 4) is 5.75 Å². The van der Waals surface area contributed by atoms with Crippen LogP contribution in [0.2, 0.25) is 0 Å². The molecule has 4 N–H and O–H groups in total. The van der Waals surface area contributed by atoms with Gasteiger partial charge in [-0.1, -0.05) is 6.07 Å². The summed E-state index contributed by atoms with van der Waals surface area (Å²) in [6, 6.07) is 3.26. The van der Waals surface area contributed by atoms with Gasteiger partial charge in [0.25, 0.3) is 0 Å². The number of benzene rings is 1. The summed E-state index contributed by atoms with van der Waals surface area (Å²) in [6.45, 7) is 0.0535. The van der Waals surface area contributed by atoms with Gasteiger partial charge in [-0.15, -0.1) is 0 Å². The number of phenols is 1. The first-order valence-electron chi connectivity index (χ1n) is 5.62. The highest BCUT2D eigenvalue weighted by Gasteiger charge is 2.14. The van der Waals surface area contributed by atoms with Crippen molar-refractivity contribution in [2.75, 3.05) is 19.0 Å². The molecule has 0 fully saturated rings. The van der Waals surface area contributed by atoms with Gasteiger partial charge in [-0.3, -0.25) is 4.79 Å². The van der Waals surface area contributed by atoms with E-state index in [2.05, 4.69) is 15.4 Å². The summed E-state index contributed by atoms with van der Waals surface area (Å²) in [4.78, 5) is 33.1. The molecule has 108 valence electrons. The standard InChI is InChI=1S/C12H14N2O6/c1-20-9(15)5-6-13-12(19)14-8-4-2-3-7(10(8)16)11(17)18/h2-4,16H,5-6H2,1H3,(H,17,18)(H2,13,14,19). The maximum absolute atomic E-state index is 11.5. The zero-order chi connectivity index (χ0) is 15.1. The Labute approximate surface area is 114 Å². The lowest BCUT2D eigenvalue weighted by molar-refractivity contribution is -0.140. The third-order valence-electron chi connectivity index (χ3n) is 2.36. The molecular formula is C12H14N2O6. The van der Waals surface area contributed by atoms with Crippen LogP contribution in [0.5, 0.6) is 5.75 Å². The number of methoxy groups -OCH3 is 1. The van der Waals surface area contributed by atoms with Crippen LogP contribution in [0.3, 0.4) is 0 Å². The molecule has 1 aromatic carbocycles. The number of para-hydroxylation sites is 1. The number of nitrogens with one attached hydrogen (secondary N) is 2. The Morgan fingerprint density at radius 3 is 2.60 bits per heavy atom. The van der Waals surface area contributed by atoms with Gasteiger partial charge in [0.1, 0.15) is 5.56 Å². The molecule has 0 atom stereocenters. The quantitative estimate of drug-likeness (QED) is 0.467. The maximum Gasteiger partial charge on any atom is 0.339 e. The molecule has 8 heteroatoms. The third-order valence-corrected chi connectivity index (χ3v) is 2.36. The summed E-state index contributed by atoms with van der Waals surface area (Å²) in [5, 5.41) is 23.1. The summed E-state index contributed by atoms with van der Waals surface area (Å²) in [7, 11) is 1.23. The molecule has 0 unspecified atom stereocenters. The van der Waals surface area contributed by atoms with Crippen molar-refractivity contribution in [1.29, 1.82) is 0 Å². The first-order chi connectivity index (χ1) is 9.45. The minimum Gasteiger partial charge on any atom is -0.505 e. The predicted molar refractivity (Wildman–Crippen MR) is 68.7 cm³/mol. The number of ether oxygens (including phenoxy) is 1. The second kappa shape index (κ2) is 6.98. The number of hydrogen-bond acceptors (Lipinski definition) is 5. The number of esters is 1. The highest BCUT2D eigenvalue weighted by Crippen LogP contribution is 2.27. The number of aromatic hydroxyl groups is 1. The topological polar surface area (TPSA) is 125 Å². The summed E-state index contributed by atoms with van der Waals surface area (Å²) in [5.41, 5.74) is -0.363.